The summed E-state index contributed by atoms with van der Waals surface area (Å²) in [6.07, 6.45) is 2.18. The summed E-state index contributed by atoms with van der Waals surface area (Å²) in [4.78, 5) is 0. The number of rotatable bonds is 7. The first kappa shape index (κ1) is 12.5. The van der Waals surface area contributed by atoms with Gasteiger partial charge in [0.15, 0.2) is 0 Å². The normalized spacial score (nSPS) is 13.0. The van der Waals surface area contributed by atoms with Crippen molar-refractivity contribution < 1.29 is 4.74 Å². The van der Waals surface area contributed by atoms with Crippen LogP contribution in [0.5, 0.6) is 0 Å². The number of hydrogen-bond donors (Lipinski definition) is 1. The molecule has 0 aromatic carbocycles. The lowest BCUT2D eigenvalue weighted by Gasteiger charge is -2.02. The van der Waals surface area contributed by atoms with Crippen molar-refractivity contribution in [2.75, 3.05) is 20.2 Å². The third-order valence-corrected chi connectivity index (χ3v) is 3.27. The molecule has 0 radical (unpaired) electrons. The Kier molecular flexibility index (Phi) is 5.75. The van der Waals surface area contributed by atoms with E-state index < -0.39 is 0 Å². The van der Waals surface area contributed by atoms with E-state index in [2.05, 4.69) is 22.4 Å². The minimum Gasteiger partial charge on any atom is -0.374 e. The van der Waals surface area contributed by atoms with Gasteiger partial charge in [-0.1, -0.05) is 18.3 Å². The molecule has 0 saturated heterocycles. The molecule has 0 bridgehead atoms. The van der Waals surface area contributed by atoms with Crippen LogP contribution in [0.25, 0.3) is 0 Å². The summed E-state index contributed by atoms with van der Waals surface area (Å²) in [7, 11) is 1.69. The summed E-state index contributed by atoms with van der Waals surface area (Å²) >= 11 is 1.64. The average molecular weight is 229 g/mol. The minimum atomic E-state index is 0.0554. The molecule has 0 spiro atoms. The number of nitrogens with one attached hydrogen (secondary N) is 1. The van der Waals surface area contributed by atoms with Crippen LogP contribution in [0.3, 0.4) is 0 Å². The lowest BCUT2D eigenvalue weighted by atomic mass is 10.4. The predicted octanol–water partition coefficient (Wildman–Crippen LogP) is 1.79. The van der Waals surface area contributed by atoms with Gasteiger partial charge in [-0.2, -0.15) is 0 Å². The zero-order valence-electron chi connectivity index (χ0n) is 9.62. The molecule has 0 amide bonds. The molecule has 0 fully saturated rings. The second-order valence-corrected chi connectivity index (χ2v) is 4.51. The second-order valence-electron chi connectivity index (χ2n) is 3.41. The van der Waals surface area contributed by atoms with E-state index in [0.717, 1.165) is 29.5 Å². The van der Waals surface area contributed by atoms with Crippen LogP contribution in [0.15, 0.2) is 0 Å². The maximum Gasteiger partial charge on any atom is 0.146 e. The summed E-state index contributed by atoms with van der Waals surface area (Å²) in [6, 6.07) is 0. The van der Waals surface area contributed by atoms with Gasteiger partial charge in [-0.25, -0.2) is 0 Å². The lowest BCUT2D eigenvalue weighted by molar-refractivity contribution is 0.118. The van der Waals surface area contributed by atoms with Gasteiger partial charge in [0.1, 0.15) is 16.1 Å². The van der Waals surface area contributed by atoms with Crippen molar-refractivity contribution in [3.05, 3.63) is 10.0 Å². The van der Waals surface area contributed by atoms with Gasteiger partial charge in [0.05, 0.1) is 0 Å². The number of hydrogen-bond acceptors (Lipinski definition) is 5. The van der Waals surface area contributed by atoms with E-state index in [1.807, 2.05) is 6.92 Å². The third-order valence-electron chi connectivity index (χ3n) is 2.13. The first-order valence-corrected chi connectivity index (χ1v) is 6.15. The quantitative estimate of drug-likeness (QED) is 0.724. The van der Waals surface area contributed by atoms with Crippen molar-refractivity contribution in [2.45, 2.75) is 32.8 Å². The van der Waals surface area contributed by atoms with Crippen molar-refractivity contribution >= 4 is 11.3 Å². The van der Waals surface area contributed by atoms with E-state index >= 15 is 0 Å². The van der Waals surface area contributed by atoms with Gasteiger partial charge in [0.25, 0.3) is 0 Å². The van der Waals surface area contributed by atoms with E-state index in [1.165, 1.54) is 6.42 Å². The molecular weight excluding hydrogens is 210 g/mol. The molecule has 0 saturated carbocycles. The van der Waals surface area contributed by atoms with Crippen LogP contribution in [0.1, 0.15) is 36.4 Å². The van der Waals surface area contributed by atoms with E-state index in [9.17, 15) is 0 Å². The highest BCUT2D eigenvalue weighted by atomic mass is 32.1. The molecule has 1 rings (SSSR count). The molecule has 1 heterocycles. The Bertz CT molecular complexity index is 277. The average Bonchev–Trinajstić information content (AvgIpc) is 2.72. The molecule has 15 heavy (non-hydrogen) atoms. The van der Waals surface area contributed by atoms with E-state index in [4.69, 9.17) is 4.74 Å². The Hall–Kier alpha value is -0.520. The molecule has 0 aliphatic heterocycles. The standard InChI is InChI=1S/C10H19N3OS/c1-4-6-11-7-5-9-12-13-10(15-9)8(2)14-3/h8,11H,4-7H2,1-3H3. The number of ether oxygens (including phenoxy) is 1. The van der Waals surface area contributed by atoms with Crippen LogP contribution in [-0.4, -0.2) is 30.4 Å². The van der Waals surface area contributed by atoms with Gasteiger partial charge in [0, 0.05) is 20.1 Å². The second kappa shape index (κ2) is 6.87. The SMILES string of the molecule is CCCNCCc1nnc(C(C)OC)s1. The molecule has 1 unspecified atom stereocenters. The van der Waals surface area contributed by atoms with E-state index in [1.54, 1.807) is 18.4 Å². The summed E-state index contributed by atoms with van der Waals surface area (Å²) in [6.45, 7) is 6.19. The van der Waals surface area contributed by atoms with Crippen LogP contribution < -0.4 is 5.32 Å². The molecular formula is C10H19N3OS. The molecule has 1 atom stereocenters. The molecule has 0 aliphatic rings. The smallest absolute Gasteiger partial charge is 0.146 e. The fraction of sp³-hybridized carbons (Fsp3) is 0.800. The number of methoxy groups -OCH3 is 1. The zero-order chi connectivity index (χ0) is 11.1. The number of aromatic nitrogens is 2. The van der Waals surface area contributed by atoms with E-state index in [0.29, 0.717) is 0 Å². The monoisotopic (exact) mass is 229 g/mol. The molecule has 5 heteroatoms. The van der Waals surface area contributed by atoms with Crippen molar-refractivity contribution in [3.8, 4) is 0 Å². The number of nitrogens with zero attached hydrogens (tertiary/aromatic N) is 2. The van der Waals surface area contributed by atoms with Gasteiger partial charge in [-0.3, -0.25) is 0 Å². The van der Waals surface area contributed by atoms with Crippen molar-refractivity contribution in [1.82, 2.24) is 15.5 Å². The maximum atomic E-state index is 5.18. The molecule has 86 valence electrons. The Balaban J connectivity index is 2.33. The third kappa shape index (κ3) is 4.24. The highest BCUT2D eigenvalue weighted by molar-refractivity contribution is 7.11. The molecule has 1 aromatic rings. The summed E-state index contributed by atoms with van der Waals surface area (Å²) < 4.78 is 5.18. The predicted molar refractivity (Wildman–Crippen MR) is 62.2 cm³/mol. The fourth-order valence-corrected chi connectivity index (χ4v) is 2.00. The van der Waals surface area contributed by atoms with Crippen LogP contribution in [0.2, 0.25) is 0 Å². The Morgan fingerprint density at radius 3 is 2.87 bits per heavy atom. The molecule has 4 nitrogen and oxygen atoms in total. The maximum absolute atomic E-state index is 5.18. The van der Waals surface area contributed by atoms with Gasteiger partial charge < -0.3 is 10.1 Å². The van der Waals surface area contributed by atoms with Crippen LogP contribution in [-0.2, 0) is 11.2 Å². The fourth-order valence-electron chi connectivity index (χ4n) is 1.13. The molecule has 0 aliphatic carbocycles. The van der Waals surface area contributed by atoms with Crippen molar-refractivity contribution in [1.29, 1.82) is 0 Å². The largest absolute Gasteiger partial charge is 0.374 e. The molecule has 1 N–H and O–H groups in total. The van der Waals surface area contributed by atoms with Gasteiger partial charge in [0.2, 0.25) is 0 Å². The van der Waals surface area contributed by atoms with Gasteiger partial charge in [-0.05, 0) is 19.9 Å². The van der Waals surface area contributed by atoms with Gasteiger partial charge >= 0.3 is 0 Å². The summed E-state index contributed by atoms with van der Waals surface area (Å²) in [5.74, 6) is 0. The Labute approximate surface area is 95.1 Å². The summed E-state index contributed by atoms with van der Waals surface area (Å²) in [5, 5.41) is 13.6. The zero-order valence-corrected chi connectivity index (χ0v) is 10.4. The van der Waals surface area contributed by atoms with Crippen LogP contribution in [0.4, 0.5) is 0 Å². The summed E-state index contributed by atoms with van der Waals surface area (Å²) in [5.41, 5.74) is 0. The highest BCUT2D eigenvalue weighted by Crippen LogP contribution is 2.19. The highest BCUT2D eigenvalue weighted by Gasteiger charge is 2.10. The van der Waals surface area contributed by atoms with Crippen LogP contribution in [0, 0.1) is 0 Å². The Morgan fingerprint density at radius 2 is 2.20 bits per heavy atom. The van der Waals surface area contributed by atoms with E-state index in [-0.39, 0.29) is 6.10 Å². The lowest BCUT2D eigenvalue weighted by Crippen LogP contribution is -2.17. The molecule has 1 aromatic heterocycles. The topological polar surface area (TPSA) is 47.0 Å². The first-order valence-electron chi connectivity index (χ1n) is 5.33. The van der Waals surface area contributed by atoms with Crippen LogP contribution >= 0.6 is 11.3 Å². The van der Waals surface area contributed by atoms with Crippen molar-refractivity contribution in [2.24, 2.45) is 0 Å². The Morgan fingerprint density at radius 1 is 1.40 bits per heavy atom. The first-order chi connectivity index (χ1) is 7.27. The van der Waals surface area contributed by atoms with Crippen molar-refractivity contribution in [3.63, 3.8) is 0 Å². The minimum absolute atomic E-state index is 0.0554. The van der Waals surface area contributed by atoms with Gasteiger partial charge in [-0.15, -0.1) is 10.2 Å².